The zero-order valence-corrected chi connectivity index (χ0v) is 16.4. The van der Waals surface area contributed by atoms with Crippen molar-refractivity contribution in [2.24, 2.45) is 4.99 Å². The molecule has 4 aromatic rings. The molecule has 29 heavy (non-hydrogen) atoms. The summed E-state index contributed by atoms with van der Waals surface area (Å²) in [5, 5.41) is 0. The smallest absolute Gasteiger partial charge is 0.134 e. The van der Waals surface area contributed by atoms with Crippen LogP contribution in [0.1, 0.15) is 16.7 Å². The molecular weight excluding hydrogens is 352 g/mol. The van der Waals surface area contributed by atoms with Crippen molar-refractivity contribution in [3.63, 3.8) is 0 Å². The quantitative estimate of drug-likeness (QED) is 0.417. The van der Waals surface area contributed by atoms with Crippen LogP contribution in [0.2, 0.25) is 0 Å². The summed E-state index contributed by atoms with van der Waals surface area (Å²) in [7, 11) is 2.17. The number of rotatable bonds is 3. The number of likely N-dealkylation sites (N-methyl/N-ethyl adjacent to an activating group) is 1. The van der Waals surface area contributed by atoms with E-state index in [2.05, 4.69) is 109 Å². The van der Waals surface area contributed by atoms with E-state index in [1.165, 1.54) is 22.4 Å². The molecule has 0 atom stereocenters. The highest BCUT2D eigenvalue weighted by molar-refractivity contribution is 6.20. The van der Waals surface area contributed by atoms with Crippen molar-refractivity contribution >= 4 is 17.1 Å². The Hall–Kier alpha value is -3.65. The minimum atomic E-state index is -0.498. The van der Waals surface area contributed by atoms with E-state index in [0.717, 1.165) is 11.4 Å². The average molecular weight is 374 g/mol. The molecule has 5 rings (SSSR count). The normalized spacial score (nSPS) is 16.0. The van der Waals surface area contributed by atoms with E-state index in [0.29, 0.717) is 0 Å². The molecule has 1 aliphatic heterocycles. The molecule has 140 valence electrons. The number of aliphatic imine (C=N–C) groups is 1. The molecule has 0 aromatic heterocycles. The summed E-state index contributed by atoms with van der Waals surface area (Å²) in [5.41, 5.74) is 6.30. The van der Waals surface area contributed by atoms with Crippen LogP contribution in [0, 0.1) is 0 Å². The third-order valence-corrected chi connectivity index (χ3v) is 5.75. The van der Waals surface area contributed by atoms with Crippen molar-refractivity contribution in [1.82, 2.24) is 0 Å². The zero-order valence-electron chi connectivity index (χ0n) is 16.4. The van der Waals surface area contributed by atoms with Gasteiger partial charge < -0.3 is 4.90 Å². The van der Waals surface area contributed by atoms with Gasteiger partial charge in [-0.1, -0.05) is 97.1 Å². The first-order valence-corrected chi connectivity index (χ1v) is 9.90. The Bertz CT molecular complexity index is 1110. The monoisotopic (exact) mass is 374 g/mol. The number of fused-ring (bicyclic) bond motifs is 1. The topological polar surface area (TPSA) is 15.6 Å². The average Bonchev–Trinajstić information content (AvgIpc) is 3.05. The standard InChI is InChI=1S/C27H22N2/c1-29-25-20-12-11-19-24(25)26(28-23-17-9-4-10-18-23)27(29,21-13-5-2-6-14-21)22-15-7-3-8-16-22/h2-20H,1H3/b28-26-. The van der Waals surface area contributed by atoms with Crippen molar-refractivity contribution in [2.45, 2.75) is 5.54 Å². The van der Waals surface area contributed by atoms with Gasteiger partial charge in [0.2, 0.25) is 0 Å². The molecule has 0 unspecified atom stereocenters. The minimum absolute atomic E-state index is 0.498. The second kappa shape index (κ2) is 7.06. The van der Waals surface area contributed by atoms with Gasteiger partial charge in [-0.25, -0.2) is 4.99 Å². The molecule has 0 saturated carbocycles. The maximum Gasteiger partial charge on any atom is 0.134 e. The highest BCUT2D eigenvalue weighted by atomic mass is 15.2. The van der Waals surface area contributed by atoms with Gasteiger partial charge in [0.1, 0.15) is 5.54 Å². The maximum atomic E-state index is 5.23. The summed E-state index contributed by atoms with van der Waals surface area (Å²) in [6.07, 6.45) is 0. The molecule has 0 saturated heterocycles. The number of hydrogen-bond donors (Lipinski definition) is 0. The molecule has 0 bridgehead atoms. The molecule has 4 aromatic carbocycles. The Morgan fingerprint density at radius 2 is 1.07 bits per heavy atom. The molecule has 0 aliphatic carbocycles. The van der Waals surface area contributed by atoms with Gasteiger partial charge in [0, 0.05) is 18.3 Å². The van der Waals surface area contributed by atoms with Crippen LogP contribution < -0.4 is 4.90 Å². The van der Waals surface area contributed by atoms with Gasteiger partial charge in [-0.05, 0) is 29.3 Å². The van der Waals surface area contributed by atoms with Crippen LogP contribution in [0.4, 0.5) is 11.4 Å². The van der Waals surface area contributed by atoms with Crippen LogP contribution in [0.3, 0.4) is 0 Å². The van der Waals surface area contributed by atoms with E-state index < -0.39 is 5.54 Å². The molecule has 0 N–H and O–H groups in total. The van der Waals surface area contributed by atoms with Gasteiger partial charge in [-0.3, -0.25) is 0 Å². The lowest BCUT2D eigenvalue weighted by Gasteiger charge is -2.39. The predicted octanol–water partition coefficient (Wildman–Crippen LogP) is 6.20. The SMILES string of the molecule is CN1c2ccccc2/C(=N/c2ccccc2)C1(c1ccccc1)c1ccccc1. The van der Waals surface area contributed by atoms with Crippen molar-refractivity contribution in [3.05, 3.63) is 132 Å². The molecule has 2 heteroatoms. The second-order valence-corrected chi connectivity index (χ2v) is 7.31. The molecule has 0 spiro atoms. The van der Waals surface area contributed by atoms with E-state index in [4.69, 9.17) is 4.99 Å². The van der Waals surface area contributed by atoms with Gasteiger partial charge >= 0.3 is 0 Å². The number of para-hydroxylation sites is 2. The van der Waals surface area contributed by atoms with Gasteiger partial charge in [0.05, 0.1) is 11.4 Å². The first-order chi connectivity index (χ1) is 14.3. The summed E-state index contributed by atoms with van der Waals surface area (Å²) in [6.45, 7) is 0. The minimum Gasteiger partial charge on any atom is -0.355 e. The van der Waals surface area contributed by atoms with Crippen molar-refractivity contribution in [3.8, 4) is 0 Å². The van der Waals surface area contributed by atoms with Crippen molar-refractivity contribution in [2.75, 3.05) is 11.9 Å². The summed E-state index contributed by atoms with van der Waals surface area (Å²) in [4.78, 5) is 7.60. The van der Waals surface area contributed by atoms with E-state index in [-0.39, 0.29) is 0 Å². The van der Waals surface area contributed by atoms with Crippen LogP contribution in [0.15, 0.2) is 120 Å². The molecule has 0 amide bonds. The molecule has 2 nitrogen and oxygen atoms in total. The highest BCUT2D eigenvalue weighted by Crippen LogP contribution is 2.49. The fourth-order valence-corrected chi connectivity index (χ4v) is 4.46. The third-order valence-electron chi connectivity index (χ3n) is 5.75. The number of benzene rings is 4. The van der Waals surface area contributed by atoms with E-state index >= 15 is 0 Å². The lowest BCUT2D eigenvalue weighted by atomic mass is 9.78. The fraction of sp³-hybridized carbons (Fsp3) is 0.0741. The fourth-order valence-electron chi connectivity index (χ4n) is 4.46. The molecule has 0 fully saturated rings. The van der Waals surface area contributed by atoms with Crippen LogP contribution >= 0.6 is 0 Å². The first kappa shape index (κ1) is 17.4. The molecule has 1 aliphatic rings. The Balaban J connectivity index is 1.89. The Morgan fingerprint density at radius 1 is 0.586 bits per heavy atom. The van der Waals surface area contributed by atoms with E-state index in [9.17, 15) is 0 Å². The zero-order chi connectivity index (χ0) is 19.7. The van der Waals surface area contributed by atoms with Gasteiger partial charge in [0.15, 0.2) is 0 Å². The Labute approximate surface area is 171 Å². The maximum absolute atomic E-state index is 5.23. The van der Waals surface area contributed by atoms with Gasteiger partial charge in [-0.15, -0.1) is 0 Å². The molecular formula is C27H22N2. The first-order valence-electron chi connectivity index (χ1n) is 9.90. The number of anilines is 1. The van der Waals surface area contributed by atoms with E-state index in [1.807, 2.05) is 18.2 Å². The number of nitrogens with zero attached hydrogens (tertiary/aromatic N) is 2. The summed E-state index contributed by atoms with van der Waals surface area (Å²) in [5.74, 6) is 0. The highest BCUT2D eigenvalue weighted by Gasteiger charge is 2.50. The van der Waals surface area contributed by atoms with Crippen LogP contribution in [-0.2, 0) is 5.54 Å². The second-order valence-electron chi connectivity index (χ2n) is 7.31. The summed E-state index contributed by atoms with van der Waals surface area (Å²) >= 11 is 0. The van der Waals surface area contributed by atoms with Gasteiger partial charge in [-0.2, -0.15) is 0 Å². The largest absolute Gasteiger partial charge is 0.355 e. The number of hydrogen-bond acceptors (Lipinski definition) is 2. The Kier molecular flexibility index (Phi) is 4.25. The third kappa shape index (κ3) is 2.68. The molecule has 0 radical (unpaired) electrons. The van der Waals surface area contributed by atoms with Crippen molar-refractivity contribution in [1.29, 1.82) is 0 Å². The van der Waals surface area contributed by atoms with Crippen molar-refractivity contribution < 1.29 is 0 Å². The van der Waals surface area contributed by atoms with Crippen LogP contribution in [-0.4, -0.2) is 12.8 Å². The van der Waals surface area contributed by atoms with E-state index in [1.54, 1.807) is 0 Å². The predicted molar refractivity (Wildman–Crippen MR) is 121 cm³/mol. The van der Waals surface area contributed by atoms with Crippen LogP contribution in [0.5, 0.6) is 0 Å². The lowest BCUT2D eigenvalue weighted by Crippen LogP contribution is -2.47. The summed E-state index contributed by atoms with van der Waals surface area (Å²) < 4.78 is 0. The Morgan fingerprint density at radius 3 is 1.66 bits per heavy atom. The summed E-state index contributed by atoms with van der Waals surface area (Å²) in [6, 6.07) is 40.2. The van der Waals surface area contributed by atoms with Crippen LogP contribution in [0.25, 0.3) is 0 Å². The van der Waals surface area contributed by atoms with Gasteiger partial charge in [0.25, 0.3) is 0 Å². The molecule has 1 heterocycles. The lowest BCUT2D eigenvalue weighted by molar-refractivity contribution is 0.686.